The molecule has 3 aliphatic rings. The molecule has 270 valence electrons. The van der Waals surface area contributed by atoms with Gasteiger partial charge < -0.3 is 0 Å². The van der Waals surface area contributed by atoms with Crippen LogP contribution in [0.4, 0.5) is 5.69 Å². The van der Waals surface area contributed by atoms with Gasteiger partial charge in [-0.1, -0.05) is 0 Å². The Morgan fingerprint density at radius 1 is 0.759 bits per heavy atom. The van der Waals surface area contributed by atoms with Crippen molar-refractivity contribution in [2.45, 2.75) is 33.2 Å². The molecule has 0 amide bonds. The average Bonchev–Trinajstić information content (AvgIpc) is 3.38. The Labute approximate surface area is 320 Å². The molecule has 5 aromatic carbocycles. The molecule has 0 spiro atoms. The second-order valence-corrected chi connectivity index (χ2v) is 20.0. The number of benzene rings is 5. The van der Waals surface area contributed by atoms with Gasteiger partial charge in [0.05, 0.1) is 0 Å². The van der Waals surface area contributed by atoms with Crippen LogP contribution in [0, 0.1) is 17.8 Å². The molecule has 2 aliphatic carbocycles. The first-order valence-corrected chi connectivity index (χ1v) is 21.7. The second kappa shape index (κ2) is 13.8. The normalized spacial score (nSPS) is 21.7. The zero-order valence-electron chi connectivity index (χ0n) is 31.7. The molecule has 3 N–H and O–H groups in total. The van der Waals surface area contributed by atoms with Crippen molar-refractivity contribution in [1.82, 2.24) is 0 Å². The Morgan fingerprint density at radius 3 is 1.98 bits per heavy atom. The maximum atomic E-state index is 13.4. The van der Waals surface area contributed by atoms with Gasteiger partial charge in [0.15, 0.2) is 0 Å². The zero-order chi connectivity index (χ0) is 37.6. The monoisotopic (exact) mass is 724 g/mol. The minimum atomic E-state index is -3.86. The average molecular weight is 725 g/mol. The van der Waals surface area contributed by atoms with Crippen molar-refractivity contribution >= 4 is 45.3 Å². The van der Waals surface area contributed by atoms with Crippen molar-refractivity contribution in [1.29, 1.82) is 0 Å². The molecule has 1 heterocycles. The number of rotatable bonds is 7. The van der Waals surface area contributed by atoms with E-state index in [4.69, 9.17) is 17.3 Å². The summed E-state index contributed by atoms with van der Waals surface area (Å²) in [4.78, 5) is 19.1. The number of hydrogen-bond acceptors (Lipinski definition) is 3. The predicted octanol–water partition coefficient (Wildman–Crippen LogP) is 10.2. The molecule has 4 atom stereocenters. The Kier molecular flexibility index (Phi) is 9.13. The molecule has 0 saturated carbocycles. The Morgan fingerprint density at radius 2 is 1.35 bits per heavy atom. The van der Waals surface area contributed by atoms with Crippen LogP contribution in [0.2, 0.25) is 0 Å². The van der Waals surface area contributed by atoms with Crippen molar-refractivity contribution in [2.24, 2.45) is 22.7 Å². The summed E-state index contributed by atoms with van der Waals surface area (Å²) < 4.78 is 0. The van der Waals surface area contributed by atoms with E-state index in [-0.39, 0.29) is 23.7 Å². The zero-order valence-corrected chi connectivity index (χ0v) is 32.5. The minimum absolute atomic E-state index is 0.000899. The van der Waals surface area contributed by atoms with Crippen molar-refractivity contribution in [2.75, 3.05) is 12.4 Å². The van der Waals surface area contributed by atoms with E-state index in [1.54, 1.807) is 0 Å². The summed E-state index contributed by atoms with van der Waals surface area (Å²) >= 11 is 0. The summed E-state index contributed by atoms with van der Waals surface area (Å²) in [5.41, 5.74) is 19.1. The summed E-state index contributed by atoms with van der Waals surface area (Å²) in [5, 5.41) is 2.83. The number of para-hydroxylation sites is 1. The molecule has 5 aromatic rings. The van der Waals surface area contributed by atoms with Crippen LogP contribution in [0.3, 0.4) is 0 Å². The summed E-state index contributed by atoms with van der Waals surface area (Å²) in [7, 11) is 0. The molecule has 0 radical (unpaired) electrons. The van der Waals surface area contributed by atoms with Crippen LogP contribution in [0.25, 0.3) is 11.1 Å². The molecule has 54 heavy (non-hydrogen) atoms. The molecule has 0 saturated heterocycles. The Balaban J connectivity index is 1.41. The van der Waals surface area contributed by atoms with Crippen molar-refractivity contribution in [3.8, 4) is 0 Å². The van der Waals surface area contributed by atoms with Gasteiger partial charge in [-0.05, 0) is 0 Å². The Hall–Kier alpha value is -5.34. The van der Waals surface area contributed by atoms with Gasteiger partial charge in [-0.25, -0.2) is 0 Å². The fourth-order valence-electron chi connectivity index (χ4n) is 9.29. The van der Waals surface area contributed by atoms with Gasteiger partial charge in [0.25, 0.3) is 0 Å². The number of fused-ring (bicyclic) bond motifs is 3. The number of nitrogens with two attached hydrogens (primary N) is 1. The van der Waals surface area contributed by atoms with Gasteiger partial charge in [-0.3, -0.25) is 0 Å². The molecule has 4 unspecified atom stereocenters. The van der Waals surface area contributed by atoms with Gasteiger partial charge in [0.2, 0.25) is 0 Å². The quantitative estimate of drug-likeness (QED) is 0.130. The van der Waals surface area contributed by atoms with Crippen LogP contribution in [-0.4, -0.2) is 17.3 Å². The van der Waals surface area contributed by atoms with E-state index in [0.717, 1.165) is 55.1 Å². The summed E-state index contributed by atoms with van der Waals surface area (Å²) in [6.07, 6.45) is 8.93. The van der Waals surface area contributed by atoms with Crippen molar-refractivity contribution in [3.05, 3.63) is 203 Å². The molecule has 0 fully saturated rings. The van der Waals surface area contributed by atoms with E-state index in [1.807, 2.05) is 48.5 Å². The van der Waals surface area contributed by atoms with E-state index in [2.05, 4.69) is 137 Å². The number of anilines is 1. The first-order valence-electron chi connectivity index (χ1n) is 19.0. The molecule has 0 bridgehead atoms. The van der Waals surface area contributed by atoms with Crippen LogP contribution >= 0.6 is 6.83 Å². The fraction of sp³-hybridized carbons (Fsp3) is 0.180. The Bertz CT molecular complexity index is 2370. The number of aliphatic imine (C=N–C) groups is 1. The molecule has 4 heteroatoms. The molecular formula is C50H49N2OP. The fourth-order valence-corrected chi connectivity index (χ4v) is 12.9. The molecule has 0 aromatic heterocycles. The SMILES string of the molecule is C=C(C1=C(c2ccccc2N)C(C)=C2C(C3C=CC=CC3C)=NCc3cc(P(C)(O)(c4ccccc4)c4ccccc4)ccc3C2C1C)c1ccccc1. The van der Waals surface area contributed by atoms with Crippen molar-refractivity contribution in [3.63, 3.8) is 0 Å². The first-order chi connectivity index (χ1) is 26.1. The first kappa shape index (κ1) is 35.7. The second-order valence-electron chi connectivity index (χ2n) is 15.4. The molecule has 8 rings (SSSR count). The van der Waals surface area contributed by atoms with Crippen LogP contribution < -0.4 is 21.6 Å². The molecule has 3 nitrogen and oxygen atoms in total. The standard InChI is InChI=1S/C50H49N2OP/c1-33-19-15-16-26-42(33)50-49-36(4)48(44-27-17-18-28-45(44)51)46(34(2)37-20-9-6-10-21-37)35(3)47(49)43-30-29-41(31-38(43)32-52-50)54(5,53,39-22-11-7-12-23-39)40-24-13-8-14-25-40/h6-31,33,35,42,47,53H,2,32,51H2,1,3-5H3. The van der Waals surface area contributed by atoms with Gasteiger partial charge in [0, 0.05) is 0 Å². The van der Waals surface area contributed by atoms with E-state index in [1.165, 1.54) is 22.3 Å². The van der Waals surface area contributed by atoms with Gasteiger partial charge >= 0.3 is 322 Å². The number of hydrogen-bond donors (Lipinski definition) is 2. The number of allylic oxidation sites excluding steroid dienone is 9. The van der Waals surface area contributed by atoms with Crippen LogP contribution in [0.5, 0.6) is 0 Å². The van der Waals surface area contributed by atoms with E-state index in [0.29, 0.717) is 6.54 Å². The number of nitrogen functional groups attached to an aromatic ring is 1. The summed E-state index contributed by atoms with van der Waals surface area (Å²) in [5.74, 6) is 0.435. The topological polar surface area (TPSA) is 58.6 Å². The summed E-state index contributed by atoms with van der Waals surface area (Å²) in [6, 6.07) is 46.0. The third-order valence-corrected chi connectivity index (χ3v) is 16.9. The predicted molar refractivity (Wildman–Crippen MR) is 233 cm³/mol. The third-order valence-electron chi connectivity index (χ3n) is 12.3. The van der Waals surface area contributed by atoms with E-state index < -0.39 is 6.83 Å². The van der Waals surface area contributed by atoms with Crippen LogP contribution in [0.15, 0.2) is 186 Å². The van der Waals surface area contributed by atoms with E-state index >= 15 is 0 Å². The van der Waals surface area contributed by atoms with Crippen molar-refractivity contribution < 1.29 is 4.89 Å². The number of nitrogens with zero attached hydrogens (tertiary/aromatic N) is 1. The van der Waals surface area contributed by atoms with E-state index in [9.17, 15) is 4.89 Å². The van der Waals surface area contributed by atoms with Crippen LogP contribution in [-0.2, 0) is 6.54 Å². The molecular weight excluding hydrogens is 676 g/mol. The van der Waals surface area contributed by atoms with Gasteiger partial charge in [-0.15, -0.1) is 0 Å². The van der Waals surface area contributed by atoms with Gasteiger partial charge in [-0.2, -0.15) is 0 Å². The summed E-state index contributed by atoms with van der Waals surface area (Å²) in [6.45, 7) is 10.5. The molecule has 1 aliphatic heterocycles. The maximum absolute atomic E-state index is 13.4. The van der Waals surface area contributed by atoms with Gasteiger partial charge in [0.1, 0.15) is 0 Å². The van der Waals surface area contributed by atoms with Crippen LogP contribution in [0.1, 0.15) is 48.9 Å². The third kappa shape index (κ3) is 5.70.